The molecule has 0 aliphatic heterocycles. The number of oxime groups is 1. The normalized spacial score (nSPS) is 17.5. The maximum absolute atomic E-state index is 5.03. The lowest BCUT2D eigenvalue weighted by Gasteiger charge is -2.08. The number of hydrogen-bond acceptors (Lipinski definition) is 5. The van der Waals surface area contributed by atoms with E-state index in [1.54, 1.807) is 0 Å². The molecule has 72 valence electrons. The molecule has 1 heterocycles. The molecule has 1 aliphatic carbocycles. The van der Waals surface area contributed by atoms with Crippen molar-refractivity contribution in [1.82, 2.24) is 10.3 Å². The molecule has 0 saturated heterocycles. The largest absolute Gasteiger partial charge is 0.382 e. The summed E-state index contributed by atoms with van der Waals surface area (Å²) >= 11 is 0. The van der Waals surface area contributed by atoms with Gasteiger partial charge in [-0.3, -0.25) is 0 Å². The van der Waals surface area contributed by atoms with Gasteiger partial charge in [0.2, 0.25) is 0 Å². The summed E-state index contributed by atoms with van der Waals surface area (Å²) in [6.07, 6.45) is 7.72. The van der Waals surface area contributed by atoms with Gasteiger partial charge in [0, 0.05) is 0 Å². The minimum Gasteiger partial charge on any atom is -0.382 e. The Kier molecular flexibility index (Phi) is 2.45. The predicted molar refractivity (Wildman–Crippen MR) is 48.6 cm³/mol. The number of terminal acetylenes is 1. The van der Waals surface area contributed by atoms with Crippen LogP contribution in [0.3, 0.4) is 0 Å². The van der Waals surface area contributed by atoms with Gasteiger partial charge in [0.05, 0.1) is 0 Å². The van der Waals surface area contributed by atoms with Gasteiger partial charge >= 0.3 is 0 Å². The first-order chi connectivity index (χ1) is 6.92. The summed E-state index contributed by atoms with van der Waals surface area (Å²) in [6.45, 7) is 0.171. The van der Waals surface area contributed by atoms with Crippen LogP contribution in [0.4, 0.5) is 0 Å². The molecule has 0 amide bonds. The fourth-order valence-electron chi connectivity index (χ4n) is 1.37. The molecule has 5 heteroatoms. The Morgan fingerprint density at radius 3 is 3.29 bits per heavy atom. The second-order valence-electron chi connectivity index (χ2n) is 2.93. The lowest BCUT2D eigenvalue weighted by atomic mass is 9.99. The van der Waals surface area contributed by atoms with E-state index in [1.807, 2.05) is 0 Å². The molecule has 0 N–H and O–H groups in total. The van der Waals surface area contributed by atoms with E-state index in [2.05, 4.69) is 26.0 Å². The monoisotopic (exact) mass is 191 g/mol. The average molecular weight is 191 g/mol. The summed E-state index contributed by atoms with van der Waals surface area (Å²) in [7, 11) is 0. The molecule has 14 heavy (non-hydrogen) atoms. The van der Waals surface area contributed by atoms with Crippen LogP contribution >= 0.6 is 0 Å². The second-order valence-corrected chi connectivity index (χ2v) is 2.93. The zero-order chi connectivity index (χ0) is 9.80. The van der Waals surface area contributed by atoms with Gasteiger partial charge in [-0.15, -0.1) is 6.42 Å². The van der Waals surface area contributed by atoms with Gasteiger partial charge in [-0.25, -0.2) is 4.63 Å². The maximum atomic E-state index is 5.03. The topological polar surface area (TPSA) is 60.5 Å². The molecule has 1 aromatic rings. The van der Waals surface area contributed by atoms with Crippen molar-refractivity contribution in [3.63, 3.8) is 0 Å². The Morgan fingerprint density at radius 1 is 1.50 bits per heavy atom. The number of aryl methyl sites for hydroxylation is 1. The van der Waals surface area contributed by atoms with Crippen LogP contribution in [0.1, 0.15) is 24.2 Å². The highest BCUT2D eigenvalue weighted by molar-refractivity contribution is 6.00. The first-order valence-corrected chi connectivity index (χ1v) is 4.36. The number of rotatable bonds is 2. The second kappa shape index (κ2) is 3.92. The minimum absolute atomic E-state index is 0.171. The van der Waals surface area contributed by atoms with Crippen molar-refractivity contribution in [3.8, 4) is 12.3 Å². The lowest BCUT2D eigenvalue weighted by Crippen LogP contribution is -2.12. The summed E-state index contributed by atoms with van der Waals surface area (Å²) in [5.74, 6) is 2.34. The zero-order valence-electron chi connectivity index (χ0n) is 7.56. The standard InChI is InChI=1S/C9H9N3O2/c1-2-6-13-10-7-4-3-5-8-9(7)12-14-11-8/h1H,3-6H2/b10-7+. The fourth-order valence-corrected chi connectivity index (χ4v) is 1.37. The van der Waals surface area contributed by atoms with E-state index >= 15 is 0 Å². The van der Waals surface area contributed by atoms with Gasteiger partial charge in [0.1, 0.15) is 11.4 Å². The summed E-state index contributed by atoms with van der Waals surface area (Å²) in [6, 6.07) is 0. The Morgan fingerprint density at radius 2 is 2.43 bits per heavy atom. The molecule has 5 nitrogen and oxygen atoms in total. The third-order valence-corrected chi connectivity index (χ3v) is 1.98. The summed E-state index contributed by atoms with van der Waals surface area (Å²) in [5, 5.41) is 11.4. The summed E-state index contributed by atoms with van der Waals surface area (Å²) in [5.41, 5.74) is 2.32. The summed E-state index contributed by atoms with van der Waals surface area (Å²) < 4.78 is 4.63. The molecule has 0 atom stereocenters. The van der Waals surface area contributed by atoms with Crippen LogP contribution in [0.5, 0.6) is 0 Å². The van der Waals surface area contributed by atoms with Crippen molar-refractivity contribution < 1.29 is 9.47 Å². The van der Waals surface area contributed by atoms with E-state index in [0.717, 1.165) is 30.7 Å². The number of nitrogens with zero attached hydrogens (tertiary/aromatic N) is 3. The first kappa shape index (κ1) is 8.75. The predicted octanol–water partition coefficient (Wildman–Crippen LogP) is 0.760. The van der Waals surface area contributed by atoms with Crippen LogP contribution in [0.25, 0.3) is 0 Å². The van der Waals surface area contributed by atoms with Crippen LogP contribution in [0, 0.1) is 12.3 Å². The molecule has 1 aromatic heterocycles. The van der Waals surface area contributed by atoms with E-state index in [0.29, 0.717) is 5.69 Å². The van der Waals surface area contributed by atoms with Crippen molar-refractivity contribution in [2.24, 2.45) is 5.16 Å². The molecule has 2 rings (SSSR count). The lowest BCUT2D eigenvalue weighted by molar-refractivity contribution is 0.179. The third-order valence-electron chi connectivity index (χ3n) is 1.98. The number of hydrogen-bond donors (Lipinski definition) is 0. The smallest absolute Gasteiger partial charge is 0.177 e. The molecule has 1 aliphatic rings. The molecule has 0 spiro atoms. The van der Waals surface area contributed by atoms with E-state index in [1.165, 1.54) is 0 Å². The highest BCUT2D eigenvalue weighted by Crippen LogP contribution is 2.17. The van der Waals surface area contributed by atoms with Crippen molar-refractivity contribution in [2.75, 3.05) is 6.61 Å². The average Bonchev–Trinajstić information content (AvgIpc) is 2.67. The van der Waals surface area contributed by atoms with E-state index in [-0.39, 0.29) is 6.61 Å². The fraction of sp³-hybridized carbons (Fsp3) is 0.444. The van der Waals surface area contributed by atoms with Crippen molar-refractivity contribution >= 4 is 5.71 Å². The number of aromatic nitrogens is 2. The van der Waals surface area contributed by atoms with Crippen molar-refractivity contribution in [1.29, 1.82) is 0 Å². The van der Waals surface area contributed by atoms with Gasteiger partial charge in [-0.05, 0) is 24.4 Å². The Hall–Kier alpha value is -1.83. The van der Waals surface area contributed by atoms with Gasteiger partial charge in [-0.2, -0.15) is 0 Å². The number of fused-ring (bicyclic) bond motifs is 1. The summed E-state index contributed by atoms with van der Waals surface area (Å²) in [4.78, 5) is 4.89. The minimum atomic E-state index is 0.171. The van der Waals surface area contributed by atoms with Crippen LogP contribution < -0.4 is 0 Å². The maximum Gasteiger partial charge on any atom is 0.177 e. The Bertz CT molecular complexity index is 389. The quantitative estimate of drug-likeness (QED) is 0.393. The van der Waals surface area contributed by atoms with E-state index < -0.39 is 0 Å². The zero-order valence-corrected chi connectivity index (χ0v) is 7.56. The Labute approximate surface area is 81.1 Å². The highest BCUT2D eigenvalue weighted by atomic mass is 16.6. The van der Waals surface area contributed by atoms with Gasteiger partial charge in [0.15, 0.2) is 12.3 Å². The van der Waals surface area contributed by atoms with Gasteiger partial charge in [0.25, 0.3) is 0 Å². The Balaban J connectivity index is 2.16. The molecular formula is C9H9N3O2. The van der Waals surface area contributed by atoms with Crippen LogP contribution in [-0.2, 0) is 11.3 Å². The molecule has 0 aromatic carbocycles. The van der Waals surface area contributed by atoms with Crippen molar-refractivity contribution in [2.45, 2.75) is 19.3 Å². The highest BCUT2D eigenvalue weighted by Gasteiger charge is 2.21. The van der Waals surface area contributed by atoms with Crippen molar-refractivity contribution in [3.05, 3.63) is 11.4 Å². The van der Waals surface area contributed by atoms with Gasteiger partial charge in [-0.1, -0.05) is 16.2 Å². The van der Waals surface area contributed by atoms with Crippen LogP contribution in [0.2, 0.25) is 0 Å². The molecule has 0 bridgehead atoms. The molecule has 0 saturated carbocycles. The van der Waals surface area contributed by atoms with Crippen LogP contribution in [-0.4, -0.2) is 22.6 Å². The SMILES string of the molecule is C#CCO/N=C1\CCCc2nonc21. The third kappa shape index (κ3) is 1.59. The van der Waals surface area contributed by atoms with E-state index in [9.17, 15) is 0 Å². The van der Waals surface area contributed by atoms with E-state index in [4.69, 9.17) is 11.3 Å². The van der Waals surface area contributed by atoms with Crippen LogP contribution in [0.15, 0.2) is 9.78 Å². The molecular weight excluding hydrogens is 182 g/mol. The molecule has 0 radical (unpaired) electrons. The van der Waals surface area contributed by atoms with Gasteiger partial charge < -0.3 is 4.84 Å². The first-order valence-electron chi connectivity index (χ1n) is 4.36. The molecule has 0 unspecified atom stereocenters. The molecule has 0 fully saturated rings.